The van der Waals surface area contributed by atoms with Gasteiger partial charge in [0.25, 0.3) is 0 Å². The Kier molecular flexibility index (Phi) is 5.54. The molecule has 0 unspecified atom stereocenters. The second-order valence-electron chi connectivity index (χ2n) is 5.81. The highest BCUT2D eigenvalue weighted by atomic mass is 35.5. The van der Waals surface area contributed by atoms with Gasteiger partial charge in [0.05, 0.1) is 17.8 Å². The SMILES string of the molecule is COc1ccc(CNC[C@@H]2CCCO[C@H]2c2ccn[nH]2)cc1Cl. The fourth-order valence-corrected chi connectivity index (χ4v) is 3.32. The molecule has 3 rings (SSSR count). The maximum atomic E-state index is 6.16. The van der Waals surface area contributed by atoms with E-state index in [1.807, 2.05) is 24.3 Å². The van der Waals surface area contributed by atoms with Crippen LogP contribution in [-0.2, 0) is 11.3 Å². The summed E-state index contributed by atoms with van der Waals surface area (Å²) in [7, 11) is 1.62. The first-order valence-corrected chi connectivity index (χ1v) is 8.29. The molecule has 0 radical (unpaired) electrons. The van der Waals surface area contributed by atoms with E-state index in [-0.39, 0.29) is 6.10 Å². The van der Waals surface area contributed by atoms with Crippen LogP contribution in [0.2, 0.25) is 5.02 Å². The lowest BCUT2D eigenvalue weighted by Crippen LogP contribution is -2.32. The molecule has 1 aliphatic heterocycles. The van der Waals surface area contributed by atoms with Gasteiger partial charge in [0, 0.05) is 31.8 Å². The van der Waals surface area contributed by atoms with Crippen LogP contribution in [0.5, 0.6) is 5.75 Å². The van der Waals surface area contributed by atoms with E-state index in [0.29, 0.717) is 16.7 Å². The smallest absolute Gasteiger partial charge is 0.137 e. The van der Waals surface area contributed by atoms with Crippen LogP contribution in [0.25, 0.3) is 0 Å². The lowest BCUT2D eigenvalue weighted by Gasteiger charge is -2.31. The lowest BCUT2D eigenvalue weighted by atomic mass is 9.92. The number of methoxy groups -OCH3 is 1. The molecule has 1 saturated heterocycles. The van der Waals surface area contributed by atoms with Crippen molar-refractivity contribution in [2.75, 3.05) is 20.3 Å². The minimum Gasteiger partial charge on any atom is -0.495 e. The third-order valence-corrected chi connectivity index (χ3v) is 4.52. The molecule has 6 heteroatoms. The number of aromatic nitrogens is 2. The van der Waals surface area contributed by atoms with E-state index in [2.05, 4.69) is 15.5 Å². The standard InChI is InChI=1S/C17H22ClN3O2/c1-22-16-5-4-12(9-14(16)18)10-19-11-13-3-2-8-23-17(13)15-6-7-20-21-15/h4-7,9,13,17,19H,2-3,8,10-11H2,1H3,(H,20,21)/t13-,17+/m0/s1. The largest absolute Gasteiger partial charge is 0.495 e. The zero-order valence-corrected chi connectivity index (χ0v) is 14.0. The Hall–Kier alpha value is -1.56. The van der Waals surface area contributed by atoms with Crippen molar-refractivity contribution >= 4 is 11.6 Å². The number of hydrogen-bond donors (Lipinski definition) is 2. The highest BCUT2D eigenvalue weighted by Crippen LogP contribution is 2.32. The summed E-state index contributed by atoms with van der Waals surface area (Å²) in [6.45, 7) is 2.48. The molecule has 1 aliphatic rings. The van der Waals surface area contributed by atoms with Crippen LogP contribution in [0.3, 0.4) is 0 Å². The topological polar surface area (TPSA) is 59.2 Å². The van der Waals surface area contributed by atoms with E-state index in [9.17, 15) is 0 Å². The summed E-state index contributed by atoms with van der Waals surface area (Å²) >= 11 is 6.16. The average Bonchev–Trinajstić information content (AvgIpc) is 3.10. The summed E-state index contributed by atoms with van der Waals surface area (Å²) < 4.78 is 11.1. The summed E-state index contributed by atoms with van der Waals surface area (Å²) in [6, 6.07) is 7.86. The van der Waals surface area contributed by atoms with Gasteiger partial charge in [-0.3, -0.25) is 5.10 Å². The van der Waals surface area contributed by atoms with Crippen molar-refractivity contribution in [2.45, 2.75) is 25.5 Å². The first kappa shape index (κ1) is 16.3. The van der Waals surface area contributed by atoms with Gasteiger partial charge in [0.1, 0.15) is 11.9 Å². The van der Waals surface area contributed by atoms with E-state index >= 15 is 0 Å². The predicted molar refractivity (Wildman–Crippen MR) is 89.7 cm³/mol. The van der Waals surface area contributed by atoms with Gasteiger partial charge in [-0.05, 0) is 36.6 Å². The van der Waals surface area contributed by atoms with Crippen LogP contribution in [0.15, 0.2) is 30.5 Å². The van der Waals surface area contributed by atoms with Crippen LogP contribution < -0.4 is 10.1 Å². The van der Waals surface area contributed by atoms with Crippen molar-refractivity contribution in [1.82, 2.24) is 15.5 Å². The Balaban J connectivity index is 1.55. The molecule has 1 aromatic carbocycles. The van der Waals surface area contributed by atoms with Gasteiger partial charge in [-0.1, -0.05) is 17.7 Å². The molecule has 0 spiro atoms. The van der Waals surface area contributed by atoms with Gasteiger partial charge >= 0.3 is 0 Å². The number of halogens is 1. The second-order valence-corrected chi connectivity index (χ2v) is 6.21. The normalized spacial score (nSPS) is 21.3. The van der Waals surface area contributed by atoms with Gasteiger partial charge < -0.3 is 14.8 Å². The molecule has 5 nitrogen and oxygen atoms in total. The zero-order valence-electron chi connectivity index (χ0n) is 13.2. The fraction of sp³-hybridized carbons (Fsp3) is 0.471. The Morgan fingerprint density at radius 1 is 1.43 bits per heavy atom. The van der Waals surface area contributed by atoms with Gasteiger partial charge in [0.15, 0.2) is 0 Å². The minimum atomic E-state index is 0.0956. The Morgan fingerprint density at radius 2 is 2.35 bits per heavy atom. The number of rotatable bonds is 6. The summed E-state index contributed by atoms with van der Waals surface area (Å²) in [6.07, 6.45) is 4.13. The summed E-state index contributed by atoms with van der Waals surface area (Å²) in [4.78, 5) is 0. The highest BCUT2D eigenvalue weighted by Gasteiger charge is 2.28. The summed E-state index contributed by atoms with van der Waals surface area (Å²) in [5.74, 6) is 1.15. The first-order chi connectivity index (χ1) is 11.3. The van der Waals surface area contributed by atoms with Crippen LogP contribution in [0.1, 0.15) is 30.2 Å². The first-order valence-electron chi connectivity index (χ1n) is 7.92. The van der Waals surface area contributed by atoms with E-state index in [0.717, 1.165) is 43.8 Å². The van der Waals surface area contributed by atoms with Crippen LogP contribution in [0, 0.1) is 5.92 Å². The molecule has 0 aliphatic carbocycles. The van der Waals surface area contributed by atoms with Crippen LogP contribution >= 0.6 is 11.6 Å². The van der Waals surface area contributed by atoms with Crippen molar-refractivity contribution in [3.8, 4) is 5.75 Å². The molecule has 1 aromatic heterocycles. The lowest BCUT2D eigenvalue weighted by molar-refractivity contribution is -0.0303. The number of benzene rings is 1. The van der Waals surface area contributed by atoms with Crippen molar-refractivity contribution in [3.63, 3.8) is 0 Å². The van der Waals surface area contributed by atoms with E-state index in [1.54, 1.807) is 13.3 Å². The number of ether oxygens (including phenoxy) is 2. The number of nitrogens with zero attached hydrogens (tertiary/aromatic N) is 1. The van der Waals surface area contributed by atoms with Crippen molar-refractivity contribution in [3.05, 3.63) is 46.7 Å². The molecule has 2 atom stereocenters. The quantitative estimate of drug-likeness (QED) is 0.850. The number of nitrogens with one attached hydrogen (secondary N) is 2. The maximum Gasteiger partial charge on any atom is 0.137 e. The maximum absolute atomic E-state index is 6.16. The molecule has 0 amide bonds. The van der Waals surface area contributed by atoms with Gasteiger partial charge in [-0.25, -0.2) is 0 Å². The van der Waals surface area contributed by atoms with E-state index < -0.39 is 0 Å². The van der Waals surface area contributed by atoms with Crippen molar-refractivity contribution in [2.24, 2.45) is 5.92 Å². The molecular formula is C17H22ClN3O2. The summed E-state index contributed by atoms with van der Waals surface area (Å²) in [5, 5.41) is 11.2. The van der Waals surface area contributed by atoms with Crippen molar-refractivity contribution < 1.29 is 9.47 Å². The molecule has 1 fully saturated rings. The number of hydrogen-bond acceptors (Lipinski definition) is 4. The van der Waals surface area contributed by atoms with Crippen LogP contribution in [-0.4, -0.2) is 30.5 Å². The Bertz CT molecular complexity index is 618. The molecule has 124 valence electrons. The minimum absolute atomic E-state index is 0.0956. The predicted octanol–water partition coefficient (Wildman–Crippen LogP) is 3.33. The van der Waals surface area contributed by atoms with Gasteiger partial charge in [-0.2, -0.15) is 5.10 Å². The average molecular weight is 336 g/mol. The molecule has 0 bridgehead atoms. The van der Waals surface area contributed by atoms with Crippen LogP contribution in [0.4, 0.5) is 0 Å². The monoisotopic (exact) mass is 335 g/mol. The van der Waals surface area contributed by atoms with E-state index in [1.165, 1.54) is 0 Å². The second kappa shape index (κ2) is 7.81. The molecule has 2 aromatic rings. The molecular weight excluding hydrogens is 314 g/mol. The van der Waals surface area contributed by atoms with Gasteiger partial charge in [0.2, 0.25) is 0 Å². The number of H-pyrrole nitrogens is 1. The summed E-state index contributed by atoms with van der Waals surface area (Å²) in [5.41, 5.74) is 2.20. The molecule has 2 heterocycles. The third-order valence-electron chi connectivity index (χ3n) is 4.23. The van der Waals surface area contributed by atoms with Gasteiger partial charge in [-0.15, -0.1) is 0 Å². The van der Waals surface area contributed by atoms with Crippen molar-refractivity contribution in [1.29, 1.82) is 0 Å². The molecule has 2 N–H and O–H groups in total. The fourth-order valence-electron chi connectivity index (χ4n) is 3.04. The third kappa shape index (κ3) is 4.05. The molecule has 0 saturated carbocycles. The van der Waals surface area contributed by atoms with E-state index in [4.69, 9.17) is 21.1 Å². The Morgan fingerprint density at radius 3 is 3.09 bits per heavy atom. The molecule has 23 heavy (non-hydrogen) atoms. The highest BCUT2D eigenvalue weighted by molar-refractivity contribution is 6.32. The zero-order chi connectivity index (χ0) is 16.1. The number of aromatic amines is 1. The Labute approximate surface area is 141 Å².